The summed E-state index contributed by atoms with van der Waals surface area (Å²) in [5, 5.41) is 8.93. The molecule has 0 fully saturated rings. The molecule has 22 heavy (non-hydrogen) atoms. The molecule has 0 aliphatic rings. The Morgan fingerprint density at radius 2 is 2.05 bits per heavy atom. The molecule has 1 atom stereocenters. The van der Waals surface area contributed by atoms with Crippen LogP contribution in [0.4, 0.5) is 0 Å². The summed E-state index contributed by atoms with van der Waals surface area (Å²) >= 11 is 0. The van der Waals surface area contributed by atoms with Crippen LogP contribution in [0.25, 0.3) is 0 Å². The molecule has 0 saturated heterocycles. The van der Waals surface area contributed by atoms with Crippen LogP contribution in [-0.2, 0) is 22.6 Å². The van der Waals surface area contributed by atoms with Crippen molar-refractivity contribution in [1.29, 1.82) is 0 Å². The quantitative estimate of drug-likeness (QED) is 0.623. The van der Waals surface area contributed by atoms with E-state index in [1.54, 1.807) is 30.5 Å². The van der Waals surface area contributed by atoms with E-state index in [0.29, 0.717) is 12.4 Å². The van der Waals surface area contributed by atoms with Crippen molar-refractivity contribution in [3.05, 3.63) is 59.9 Å². The molecular weight excluding hydrogens is 284 g/mol. The lowest BCUT2D eigenvalue weighted by atomic mass is 10.1. The summed E-state index contributed by atoms with van der Waals surface area (Å²) in [5.41, 5.74) is 1.56. The summed E-state index contributed by atoms with van der Waals surface area (Å²) in [5.74, 6) is -0.501. The molecule has 6 heteroatoms. The maximum absolute atomic E-state index is 10.9. The van der Waals surface area contributed by atoms with Crippen molar-refractivity contribution in [3.8, 4) is 5.75 Å². The number of pyridine rings is 1. The Labute approximate surface area is 127 Å². The molecule has 1 heterocycles. The van der Waals surface area contributed by atoms with Crippen molar-refractivity contribution in [2.75, 3.05) is 0 Å². The van der Waals surface area contributed by atoms with Crippen LogP contribution < -0.4 is 4.74 Å². The molecule has 0 bridgehead atoms. The Bertz CT molecular complexity index is 662. The zero-order chi connectivity index (χ0) is 15.8. The van der Waals surface area contributed by atoms with E-state index in [0.717, 1.165) is 11.3 Å². The van der Waals surface area contributed by atoms with Gasteiger partial charge in [-0.05, 0) is 29.8 Å². The van der Waals surface area contributed by atoms with Gasteiger partial charge in [-0.1, -0.05) is 18.2 Å². The van der Waals surface area contributed by atoms with Crippen LogP contribution in [-0.4, -0.2) is 28.2 Å². The number of isocyanates is 1. The van der Waals surface area contributed by atoms with E-state index < -0.39 is 12.0 Å². The lowest BCUT2D eigenvalue weighted by molar-refractivity contribution is -0.138. The highest BCUT2D eigenvalue weighted by Crippen LogP contribution is 2.15. The molecule has 0 radical (unpaired) electrons. The van der Waals surface area contributed by atoms with Gasteiger partial charge in [-0.25, -0.2) is 9.59 Å². The first-order chi connectivity index (χ1) is 10.7. The van der Waals surface area contributed by atoms with Gasteiger partial charge < -0.3 is 9.84 Å². The second-order valence-corrected chi connectivity index (χ2v) is 4.53. The average Bonchev–Trinajstić information content (AvgIpc) is 2.54. The molecule has 112 valence electrons. The standard InChI is InChI=1S/C16H14N2O4/c19-11-18-15(16(20)21)9-12-4-6-14(7-5-12)22-10-13-3-1-2-8-17-13/h1-8,15H,9-10H2,(H,20,21). The second kappa shape index (κ2) is 7.71. The van der Waals surface area contributed by atoms with Crippen LogP contribution in [0.3, 0.4) is 0 Å². The lowest BCUT2D eigenvalue weighted by Gasteiger charge is -2.08. The highest BCUT2D eigenvalue weighted by Gasteiger charge is 2.16. The smallest absolute Gasteiger partial charge is 0.329 e. The summed E-state index contributed by atoms with van der Waals surface area (Å²) in [7, 11) is 0. The molecule has 6 nitrogen and oxygen atoms in total. The molecular formula is C16H14N2O4. The van der Waals surface area contributed by atoms with Gasteiger partial charge in [-0.15, -0.1) is 0 Å². The Kier molecular flexibility index (Phi) is 5.40. The molecule has 2 rings (SSSR count). The van der Waals surface area contributed by atoms with Gasteiger partial charge >= 0.3 is 5.97 Å². The van der Waals surface area contributed by atoms with Crippen molar-refractivity contribution in [1.82, 2.24) is 4.98 Å². The predicted octanol–water partition coefficient (Wildman–Crippen LogP) is 1.99. The molecule has 1 aromatic heterocycles. The number of aliphatic imine (C=N–C) groups is 1. The highest BCUT2D eigenvalue weighted by molar-refractivity contribution is 5.75. The monoisotopic (exact) mass is 298 g/mol. The van der Waals surface area contributed by atoms with Gasteiger partial charge in [0.2, 0.25) is 6.08 Å². The Balaban J connectivity index is 1.95. The first-order valence-electron chi connectivity index (χ1n) is 6.60. The van der Waals surface area contributed by atoms with Gasteiger partial charge in [0.25, 0.3) is 0 Å². The molecule has 1 aromatic carbocycles. The zero-order valence-electron chi connectivity index (χ0n) is 11.7. The molecule has 0 aliphatic carbocycles. The van der Waals surface area contributed by atoms with E-state index in [1.807, 2.05) is 18.2 Å². The summed E-state index contributed by atoms with van der Waals surface area (Å²) < 4.78 is 5.58. The summed E-state index contributed by atoms with van der Waals surface area (Å²) in [6.07, 6.45) is 3.11. The highest BCUT2D eigenvalue weighted by atomic mass is 16.5. The fourth-order valence-electron chi connectivity index (χ4n) is 1.84. The fraction of sp³-hybridized carbons (Fsp3) is 0.188. The molecule has 0 spiro atoms. The molecule has 1 unspecified atom stereocenters. The number of rotatable bonds is 7. The van der Waals surface area contributed by atoms with E-state index in [-0.39, 0.29) is 6.42 Å². The van der Waals surface area contributed by atoms with E-state index in [2.05, 4.69) is 9.98 Å². The van der Waals surface area contributed by atoms with Crippen LogP contribution in [0.1, 0.15) is 11.3 Å². The van der Waals surface area contributed by atoms with Crippen LogP contribution in [0.2, 0.25) is 0 Å². The first kappa shape index (κ1) is 15.4. The minimum Gasteiger partial charge on any atom is -0.487 e. The second-order valence-electron chi connectivity index (χ2n) is 4.53. The van der Waals surface area contributed by atoms with Crippen LogP contribution >= 0.6 is 0 Å². The van der Waals surface area contributed by atoms with Crippen molar-refractivity contribution in [2.24, 2.45) is 4.99 Å². The normalized spacial score (nSPS) is 11.3. The van der Waals surface area contributed by atoms with Gasteiger partial charge in [0.15, 0.2) is 6.04 Å². The largest absolute Gasteiger partial charge is 0.487 e. The molecule has 0 amide bonds. The maximum atomic E-state index is 10.9. The molecule has 0 saturated carbocycles. The minimum absolute atomic E-state index is 0.130. The number of nitrogens with zero attached hydrogens (tertiary/aromatic N) is 2. The molecule has 0 aliphatic heterocycles. The third-order valence-corrected chi connectivity index (χ3v) is 2.96. The number of hydrogen-bond acceptors (Lipinski definition) is 5. The third-order valence-electron chi connectivity index (χ3n) is 2.96. The summed E-state index contributed by atoms with van der Waals surface area (Å²) in [6.45, 7) is 0.355. The van der Waals surface area contributed by atoms with E-state index >= 15 is 0 Å². The van der Waals surface area contributed by atoms with Crippen LogP contribution in [0.15, 0.2) is 53.7 Å². The first-order valence-corrected chi connectivity index (χ1v) is 6.60. The third kappa shape index (κ3) is 4.54. The summed E-state index contributed by atoms with van der Waals surface area (Å²) in [6, 6.07) is 11.4. The number of carbonyl (C=O) groups is 1. The average molecular weight is 298 g/mol. The van der Waals surface area contributed by atoms with Gasteiger partial charge in [0.1, 0.15) is 12.4 Å². The van der Waals surface area contributed by atoms with E-state index in [4.69, 9.17) is 9.84 Å². The number of carboxylic acid groups (broad SMARTS) is 1. The number of aliphatic carboxylic acids is 1. The number of ether oxygens (including phenoxy) is 1. The topological polar surface area (TPSA) is 88.9 Å². The summed E-state index contributed by atoms with van der Waals surface area (Å²) in [4.78, 5) is 28.5. The Hall–Kier alpha value is -2.98. The number of aromatic nitrogens is 1. The lowest BCUT2D eigenvalue weighted by Crippen LogP contribution is -2.20. The molecule has 1 N–H and O–H groups in total. The van der Waals surface area contributed by atoms with Gasteiger partial charge in [-0.3, -0.25) is 4.98 Å². The number of hydrogen-bond donors (Lipinski definition) is 1. The van der Waals surface area contributed by atoms with Gasteiger partial charge in [0, 0.05) is 12.6 Å². The maximum Gasteiger partial charge on any atom is 0.329 e. The number of carboxylic acids is 1. The zero-order valence-corrected chi connectivity index (χ0v) is 11.7. The van der Waals surface area contributed by atoms with Gasteiger partial charge in [0.05, 0.1) is 5.69 Å². The van der Waals surface area contributed by atoms with Crippen molar-refractivity contribution in [2.45, 2.75) is 19.1 Å². The number of benzene rings is 1. The van der Waals surface area contributed by atoms with Crippen LogP contribution in [0.5, 0.6) is 5.75 Å². The number of carbonyl (C=O) groups excluding carboxylic acids is 1. The minimum atomic E-state index is -1.15. The Morgan fingerprint density at radius 3 is 2.64 bits per heavy atom. The Morgan fingerprint density at radius 1 is 1.27 bits per heavy atom. The van der Waals surface area contributed by atoms with E-state index in [1.165, 1.54) is 6.08 Å². The van der Waals surface area contributed by atoms with E-state index in [9.17, 15) is 9.59 Å². The molecule has 2 aromatic rings. The van der Waals surface area contributed by atoms with Crippen molar-refractivity contribution in [3.63, 3.8) is 0 Å². The van der Waals surface area contributed by atoms with Crippen molar-refractivity contribution >= 4 is 12.0 Å². The van der Waals surface area contributed by atoms with Crippen molar-refractivity contribution < 1.29 is 19.4 Å². The van der Waals surface area contributed by atoms with Gasteiger partial charge in [-0.2, -0.15) is 4.99 Å². The fourth-order valence-corrected chi connectivity index (χ4v) is 1.84. The van der Waals surface area contributed by atoms with Crippen LogP contribution in [0, 0.1) is 0 Å². The SMILES string of the molecule is O=C=NC(Cc1ccc(OCc2ccccn2)cc1)C(=O)O. The predicted molar refractivity (Wildman–Crippen MR) is 78.3 cm³/mol.